The van der Waals surface area contributed by atoms with Crippen molar-refractivity contribution < 1.29 is 18.4 Å². The van der Waals surface area contributed by atoms with Crippen LogP contribution >= 0.6 is 0 Å². The predicted molar refractivity (Wildman–Crippen MR) is 161 cm³/mol. The lowest BCUT2D eigenvalue weighted by atomic mass is 9.85. The number of ether oxygens (including phenoxy) is 1. The number of benzene rings is 4. The van der Waals surface area contributed by atoms with Crippen LogP contribution in [0.3, 0.4) is 0 Å². The summed E-state index contributed by atoms with van der Waals surface area (Å²) in [4.78, 5) is 15.0. The van der Waals surface area contributed by atoms with E-state index in [4.69, 9.17) is 13.6 Å². The van der Waals surface area contributed by atoms with Gasteiger partial charge in [0.15, 0.2) is 11.6 Å². The number of allylic oxidation sites excluding steroid dienone is 1. The lowest BCUT2D eigenvalue weighted by Crippen LogP contribution is -2.23. The fourth-order valence-electron chi connectivity index (χ4n) is 5.37. The Bertz CT molecular complexity index is 1830. The number of anilines is 3. The fraction of sp³-hybridized carbons (Fsp3) is 0.0571. The van der Waals surface area contributed by atoms with Crippen LogP contribution in [0.1, 0.15) is 33.2 Å². The molecule has 200 valence electrons. The summed E-state index contributed by atoms with van der Waals surface area (Å²) in [6.45, 7) is 0. The van der Waals surface area contributed by atoms with Gasteiger partial charge < -0.3 is 18.5 Å². The van der Waals surface area contributed by atoms with E-state index >= 15 is 0 Å². The Kier molecular flexibility index (Phi) is 6.13. The zero-order valence-corrected chi connectivity index (χ0v) is 22.3. The highest BCUT2D eigenvalue weighted by Crippen LogP contribution is 2.47. The van der Waals surface area contributed by atoms with Gasteiger partial charge in [0.1, 0.15) is 11.3 Å². The molecule has 0 fully saturated rings. The molecular formula is C35H26N2O4. The van der Waals surface area contributed by atoms with Crippen LogP contribution in [0.4, 0.5) is 17.3 Å². The van der Waals surface area contributed by atoms with Crippen LogP contribution in [-0.4, -0.2) is 13.0 Å². The average Bonchev–Trinajstić information content (AvgIpc) is 3.70. The van der Waals surface area contributed by atoms with Gasteiger partial charge in [0.2, 0.25) is 0 Å². The lowest BCUT2D eigenvalue weighted by molar-refractivity contribution is 0.102. The molecular weight excluding hydrogens is 512 g/mol. The molecule has 0 spiro atoms. The summed E-state index contributed by atoms with van der Waals surface area (Å²) in [5.74, 6) is 1.74. The van der Waals surface area contributed by atoms with Crippen molar-refractivity contribution in [1.29, 1.82) is 0 Å². The summed E-state index contributed by atoms with van der Waals surface area (Å²) < 4.78 is 17.1. The molecule has 6 nitrogen and oxygen atoms in total. The van der Waals surface area contributed by atoms with Gasteiger partial charge in [0, 0.05) is 28.6 Å². The van der Waals surface area contributed by atoms with E-state index in [0.29, 0.717) is 11.4 Å². The van der Waals surface area contributed by atoms with Gasteiger partial charge in [-0.15, -0.1) is 0 Å². The number of furan rings is 2. The van der Waals surface area contributed by atoms with Gasteiger partial charge in [0.25, 0.3) is 5.91 Å². The van der Waals surface area contributed by atoms with Crippen LogP contribution in [0.2, 0.25) is 0 Å². The first-order valence-electron chi connectivity index (χ1n) is 13.4. The second-order valence-corrected chi connectivity index (χ2v) is 9.82. The van der Waals surface area contributed by atoms with Gasteiger partial charge in [0.05, 0.1) is 24.8 Å². The zero-order chi connectivity index (χ0) is 27.8. The number of amides is 1. The summed E-state index contributed by atoms with van der Waals surface area (Å²) in [6.07, 6.45) is 3.77. The molecule has 1 unspecified atom stereocenters. The zero-order valence-electron chi connectivity index (χ0n) is 22.3. The summed E-state index contributed by atoms with van der Waals surface area (Å²) in [7, 11) is 1.67. The SMILES string of the molecule is COc1ccc(C2C=C(c3cc4ccccc4o3)N(c3ccc(C(=O)Nc4ccco4)cc3)c3ccccc32)cc1. The number of fused-ring (bicyclic) bond motifs is 2. The fourth-order valence-corrected chi connectivity index (χ4v) is 5.37. The van der Waals surface area contributed by atoms with Crippen LogP contribution < -0.4 is 15.0 Å². The quantitative estimate of drug-likeness (QED) is 0.230. The van der Waals surface area contributed by atoms with Crippen molar-refractivity contribution in [2.24, 2.45) is 0 Å². The lowest BCUT2D eigenvalue weighted by Gasteiger charge is -2.35. The highest BCUT2D eigenvalue weighted by molar-refractivity contribution is 6.04. The van der Waals surface area contributed by atoms with E-state index < -0.39 is 0 Å². The summed E-state index contributed by atoms with van der Waals surface area (Å²) >= 11 is 0. The Morgan fingerprint density at radius 3 is 2.39 bits per heavy atom. The predicted octanol–water partition coefficient (Wildman–Crippen LogP) is 8.61. The van der Waals surface area contributed by atoms with Crippen molar-refractivity contribution in [3.8, 4) is 5.75 Å². The largest absolute Gasteiger partial charge is 0.497 e. The highest BCUT2D eigenvalue weighted by Gasteiger charge is 2.30. The van der Waals surface area contributed by atoms with Crippen molar-refractivity contribution in [1.82, 2.24) is 0 Å². The first kappa shape index (κ1) is 24.5. The van der Waals surface area contributed by atoms with E-state index in [2.05, 4.69) is 58.8 Å². The number of para-hydroxylation sites is 2. The first-order valence-corrected chi connectivity index (χ1v) is 13.4. The van der Waals surface area contributed by atoms with Gasteiger partial charge >= 0.3 is 0 Å². The smallest absolute Gasteiger partial charge is 0.257 e. The standard InChI is InChI=1S/C35H26N2O4/c1-39-27-18-14-23(15-19-27)29-22-31(33-21-25-7-2-5-10-32(25)41-33)37(30-9-4-3-8-28(29)30)26-16-12-24(13-17-26)35(38)36-34-11-6-20-40-34/h2-22,29H,1H3,(H,36,38). The molecule has 2 aromatic heterocycles. The van der Waals surface area contributed by atoms with Crippen LogP contribution in [0, 0.1) is 0 Å². The minimum atomic E-state index is -0.238. The van der Waals surface area contributed by atoms with Gasteiger partial charge in [-0.2, -0.15) is 0 Å². The summed E-state index contributed by atoms with van der Waals surface area (Å²) in [6, 6.07) is 37.7. The molecule has 0 aliphatic carbocycles. The molecule has 1 amide bonds. The summed E-state index contributed by atoms with van der Waals surface area (Å²) in [5, 5.41) is 3.82. The Labute approximate surface area is 237 Å². The second kappa shape index (κ2) is 10.2. The number of carbonyl (C=O) groups excluding carboxylic acids is 1. The molecule has 0 saturated carbocycles. The Hall–Kier alpha value is -5.49. The number of hydrogen-bond donors (Lipinski definition) is 1. The van der Waals surface area contributed by atoms with Crippen LogP contribution in [0.5, 0.6) is 5.75 Å². The maximum atomic E-state index is 12.8. The Morgan fingerprint density at radius 1 is 0.854 bits per heavy atom. The number of methoxy groups -OCH3 is 1. The summed E-state index contributed by atoms with van der Waals surface area (Å²) in [5.41, 5.74) is 6.54. The molecule has 0 radical (unpaired) electrons. The normalized spacial score (nSPS) is 14.4. The second-order valence-electron chi connectivity index (χ2n) is 9.82. The van der Waals surface area contributed by atoms with E-state index in [1.807, 2.05) is 60.7 Å². The van der Waals surface area contributed by atoms with Gasteiger partial charge in [-0.1, -0.05) is 48.5 Å². The van der Waals surface area contributed by atoms with E-state index in [9.17, 15) is 4.79 Å². The molecule has 6 aromatic rings. The van der Waals surface area contributed by atoms with E-state index in [1.54, 1.807) is 19.2 Å². The molecule has 7 rings (SSSR count). The molecule has 1 N–H and O–H groups in total. The van der Waals surface area contributed by atoms with Crippen molar-refractivity contribution in [2.45, 2.75) is 5.92 Å². The number of hydrogen-bond acceptors (Lipinski definition) is 5. The van der Waals surface area contributed by atoms with E-state index in [1.165, 1.54) is 6.26 Å². The average molecular weight is 539 g/mol. The Balaban J connectivity index is 1.34. The van der Waals surface area contributed by atoms with Crippen molar-refractivity contribution in [3.63, 3.8) is 0 Å². The third-order valence-corrected chi connectivity index (χ3v) is 7.38. The minimum Gasteiger partial charge on any atom is -0.497 e. The molecule has 41 heavy (non-hydrogen) atoms. The molecule has 4 aromatic carbocycles. The van der Waals surface area contributed by atoms with Crippen LogP contribution in [0.15, 0.2) is 136 Å². The molecule has 1 aliphatic heterocycles. The van der Waals surface area contributed by atoms with Gasteiger partial charge in [-0.3, -0.25) is 10.1 Å². The number of nitrogens with one attached hydrogen (secondary N) is 1. The Morgan fingerprint density at radius 2 is 1.63 bits per heavy atom. The van der Waals surface area contributed by atoms with Crippen LogP contribution in [-0.2, 0) is 0 Å². The third kappa shape index (κ3) is 4.55. The molecule has 1 aliphatic rings. The molecule has 1 atom stereocenters. The van der Waals surface area contributed by atoms with Crippen molar-refractivity contribution in [3.05, 3.63) is 150 Å². The molecule has 0 saturated heterocycles. The van der Waals surface area contributed by atoms with E-state index in [-0.39, 0.29) is 11.8 Å². The number of nitrogens with zero attached hydrogens (tertiary/aromatic N) is 1. The topological polar surface area (TPSA) is 67.8 Å². The molecule has 6 heteroatoms. The van der Waals surface area contributed by atoms with Gasteiger partial charge in [-0.05, 0) is 77.9 Å². The first-order chi connectivity index (χ1) is 20.2. The number of carbonyl (C=O) groups is 1. The van der Waals surface area contributed by atoms with E-state index in [0.717, 1.165) is 50.7 Å². The third-order valence-electron chi connectivity index (χ3n) is 7.38. The van der Waals surface area contributed by atoms with Crippen molar-refractivity contribution in [2.75, 3.05) is 17.3 Å². The maximum absolute atomic E-state index is 12.8. The number of rotatable bonds is 6. The van der Waals surface area contributed by atoms with Gasteiger partial charge in [-0.25, -0.2) is 0 Å². The molecule has 3 heterocycles. The van der Waals surface area contributed by atoms with Crippen molar-refractivity contribution >= 4 is 39.8 Å². The molecule has 0 bridgehead atoms. The maximum Gasteiger partial charge on any atom is 0.257 e. The monoisotopic (exact) mass is 538 g/mol. The highest BCUT2D eigenvalue weighted by atomic mass is 16.5. The minimum absolute atomic E-state index is 0.00471. The van der Waals surface area contributed by atoms with Crippen LogP contribution in [0.25, 0.3) is 16.7 Å².